The van der Waals surface area contributed by atoms with Crippen LogP contribution >= 0.6 is 0 Å². The van der Waals surface area contributed by atoms with Crippen LogP contribution in [0.4, 0.5) is 5.69 Å². The van der Waals surface area contributed by atoms with Gasteiger partial charge in [-0.05, 0) is 26.0 Å². The predicted molar refractivity (Wildman–Crippen MR) is 72.9 cm³/mol. The van der Waals surface area contributed by atoms with Crippen molar-refractivity contribution in [3.8, 4) is 0 Å². The highest BCUT2D eigenvalue weighted by molar-refractivity contribution is 5.99. The molecule has 1 amide bonds. The molecular formula is C14H17N3O2. The molecule has 2 rings (SSSR count). The number of aromatic nitrogens is 1. The third-order valence-corrected chi connectivity index (χ3v) is 2.54. The van der Waals surface area contributed by atoms with Crippen molar-refractivity contribution >= 4 is 11.6 Å². The molecule has 0 saturated carbocycles. The van der Waals surface area contributed by atoms with Gasteiger partial charge in [-0.1, -0.05) is 17.3 Å². The molecule has 2 aromatic rings. The Kier molecular flexibility index (Phi) is 4.18. The Bertz CT molecular complexity index is 535. The molecule has 0 aliphatic carbocycles. The van der Waals surface area contributed by atoms with Crippen molar-refractivity contribution in [2.45, 2.75) is 26.4 Å². The lowest BCUT2D eigenvalue weighted by Gasteiger charge is -2.14. The van der Waals surface area contributed by atoms with E-state index in [0.29, 0.717) is 17.8 Å². The van der Waals surface area contributed by atoms with Gasteiger partial charge in [0.1, 0.15) is 12.0 Å². The van der Waals surface area contributed by atoms with Crippen molar-refractivity contribution in [1.82, 2.24) is 10.5 Å². The third kappa shape index (κ3) is 3.58. The van der Waals surface area contributed by atoms with Gasteiger partial charge in [0.05, 0.1) is 12.1 Å². The van der Waals surface area contributed by atoms with Crippen LogP contribution in [0.2, 0.25) is 0 Å². The van der Waals surface area contributed by atoms with E-state index >= 15 is 0 Å². The van der Waals surface area contributed by atoms with E-state index in [1.54, 1.807) is 12.1 Å². The van der Waals surface area contributed by atoms with Crippen molar-refractivity contribution in [2.24, 2.45) is 0 Å². The smallest absolute Gasteiger partial charge is 0.253 e. The second-order valence-corrected chi connectivity index (χ2v) is 4.52. The number of benzene rings is 1. The Morgan fingerprint density at radius 3 is 2.79 bits per heavy atom. The van der Waals surface area contributed by atoms with E-state index in [1.807, 2.05) is 32.0 Å². The number of anilines is 1. The molecule has 0 saturated heterocycles. The first-order valence-corrected chi connectivity index (χ1v) is 6.20. The molecule has 0 radical (unpaired) electrons. The topological polar surface area (TPSA) is 67.2 Å². The summed E-state index contributed by atoms with van der Waals surface area (Å²) in [4.78, 5) is 12.1. The molecule has 1 heterocycles. The van der Waals surface area contributed by atoms with Gasteiger partial charge in [0.2, 0.25) is 0 Å². The zero-order chi connectivity index (χ0) is 13.7. The maximum Gasteiger partial charge on any atom is 0.253 e. The second-order valence-electron chi connectivity index (χ2n) is 4.52. The van der Waals surface area contributed by atoms with Gasteiger partial charge in [0.15, 0.2) is 0 Å². The highest BCUT2D eigenvalue weighted by Crippen LogP contribution is 2.16. The average Bonchev–Trinajstić information content (AvgIpc) is 2.89. The van der Waals surface area contributed by atoms with Crippen LogP contribution in [0.1, 0.15) is 29.9 Å². The predicted octanol–water partition coefficient (Wildman–Crippen LogP) is 2.42. The molecule has 5 heteroatoms. The first-order valence-electron chi connectivity index (χ1n) is 6.20. The van der Waals surface area contributed by atoms with E-state index < -0.39 is 0 Å². The third-order valence-electron chi connectivity index (χ3n) is 2.54. The van der Waals surface area contributed by atoms with Gasteiger partial charge >= 0.3 is 0 Å². The summed E-state index contributed by atoms with van der Waals surface area (Å²) in [5.74, 6) is -0.133. The summed E-state index contributed by atoms with van der Waals surface area (Å²) in [7, 11) is 0. The Labute approximate surface area is 112 Å². The maximum atomic E-state index is 12.1. The molecule has 0 unspecified atom stereocenters. The first-order chi connectivity index (χ1) is 9.16. The maximum absolute atomic E-state index is 12.1. The van der Waals surface area contributed by atoms with Gasteiger partial charge in [-0.15, -0.1) is 0 Å². The molecule has 0 bridgehead atoms. The molecule has 0 fully saturated rings. The fourth-order valence-corrected chi connectivity index (χ4v) is 1.71. The lowest BCUT2D eigenvalue weighted by Crippen LogP contribution is -2.24. The number of hydrogen-bond acceptors (Lipinski definition) is 4. The van der Waals surface area contributed by atoms with Crippen LogP contribution < -0.4 is 10.6 Å². The highest BCUT2D eigenvalue weighted by Gasteiger charge is 2.11. The van der Waals surface area contributed by atoms with E-state index in [1.165, 1.54) is 6.26 Å². The largest absolute Gasteiger partial charge is 0.382 e. The van der Waals surface area contributed by atoms with Crippen molar-refractivity contribution in [3.63, 3.8) is 0 Å². The molecule has 1 aromatic carbocycles. The van der Waals surface area contributed by atoms with Gasteiger partial charge in [-0.25, -0.2) is 0 Å². The van der Waals surface area contributed by atoms with Crippen LogP contribution in [0, 0.1) is 0 Å². The van der Waals surface area contributed by atoms with E-state index in [0.717, 1.165) is 5.69 Å². The number of amides is 1. The van der Waals surface area contributed by atoms with E-state index in [4.69, 9.17) is 4.52 Å². The lowest BCUT2D eigenvalue weighted by molar-refractivity contribution is 0.0951. The average molecular weight is 259 g/mol. The number of hydrogen-bond donors (Lipinski definition) is 2. The van der Waals surface area contributed by atoms with Crippen molar-refractivity contribution in [1.29, 1.82) is 0 Å². The van der Waals surface area contributed by atoms with Crippen molar-refractivity contribution in [3.05, 3.63) is 47.9 Å². The Balaban J connectivity index is 2.06. The summed E-state index contributed by atoms with van der Waals surface area (Å²) in [6, 6.07) is 9.42. The minimum atomic E-state index is -0.133. The first kappa shape index (κ1) is 13.1. The Hall–Kier alpha value is -2.30. The summed E-state index contributed by atoms with van der Waals surface area (Å²) in [6.07, 6.45) is 1.48. The van der Waals surface area contributed by atoms with Crippen molar-refractivity contribution in [2.75, 3.05) is 5.32 Å². The summed E-state index contributed by atoms with van der Waals surface area (Å²) >= 11 is 0. The lowest BCUT2D eigenvalue weighted by atomic mass is 10.1. The van der Waals surface area contributed by atoms with Crippen molar-refractivity contribution < 1.29 is 9.32 Å². The molecule has 0 atom stereocenters. The molecule has 1 aromatic heterocycles. The van der Waals surface area contributed by atoms with Crippen LogP contribution in [0.5, 0.6) is 0 Å². The number of nitrogens with one attached hydrogen (secondary N) is 2. The van der Waals surface area contributed by atoms with Gasteiger partial charge in [0, 0.05) is 17.8 Å². The van der Waals surface area contributed by atoms with Gasteiger partial charge in [-0.3, -0.25) is 4.79 Å². The van der Waals surface area contributed by atoms with Crippen LogP contribution in [0.15, 0.2) is 41.1 Å². The van der Waals surface area contributed by atoms with Gasteiger partial charge in [-0.2, -0.15) is 0 Å². The molecule has 0 spiro atoms. The SMILES string of the molecule is CC(C)Nc1ccccc1C(=O)NCc1ccon1. The van der Waals surface area contributed by atoms with Crippen LogP contribution in [-0.4, -0.2) is 17.1 Å². The number of rotatable bonds is 5. The molecule has 19 heavy (non-hydrogen) atoms. The summed E-state index contributed by atoms with van der Waals surface area (Å²) in [5.41, 5.74) is 2.15. The zero-order valence-corrected chi connectivity index (χ0v) is 11.0. The van der Waals surface area contributed by atoms with Gasteiger partial charge < -0.3 is 15.2 Å². The molecule has 100 valence electrons. The zero-order valence-electron chi connectivity index (χ0n) is 11.0. The quantitative estimate of drug-likeness (QED) is 0.865. The van der Waals surface area contributed by atoms with E-state index in [9.17, 15) is 4.79 Å². The minimum Gasteiger partial charge on any atom is -0.382 e. The van der Waals surface area contributed by atoms with Crippen LogP contribution in [0.25, 0.3) is 0 Å². The monoisotopic (exact) mass is 259 g/mol. The molecular weight excluding hydrogens is 242 g/mol. The number of nitrogens with zero attached hydrogens (tertiary/aromatic N) is 1. The Morgan fingerprint density at radius 1 is 1.32 bits per heavy atom. The summed E-state index contributed by atoms with van der Waals surface area (Å²) in [5, 5.41) is 9.81. The Morgan fingerprint density at radius 2 is 2.11 bits per heavy atom. The number of carbonyl (C=O) groups excluding carboxylic acids is 1. The fourth-order valence-electron chi connectivity index (χ4n) is 1.71. The molecule has 2 N–H and O–H groups in total. The number of para-hydroxylation sites is 1. The minimum absolute atomic E-state index is 0.133. The van der Waals surface area contributed by atoms with Gasteiger partial charge in [0.25, 0.3) is 5.91 Å². The second kappa shape index (κ2) is 6.04. The van der Waals surface area contributed by atoms with Crippen LogP contribution in [-0.2, 0) is 6.54 Å². The van der Waals surface area contributed by atoms with Crippen LogP contribution in [0.3, 0.4) is 0 Å². The normalized spacial score (nSPS) is 10.5. The summed E-state index contributed by atoms with van der Waals surface area (Å²) in [6.45, 7) is 4.42. The molecule has 5 nitrogen and oxygen atoms in total. The summed E-state index contributed by atoms with van der Waals surface area (Å²) < 4.78 is 4.72. The number of carbonyl (C=O) groups is 1. The van der Waals surface area contributed by atoms with E-state index in [-0.39, 0.29) is 11.9 Å². The highest BCUT2D eigenvalue weighted by atomic mass is 16.5. The standard InChI is InChI=1S/C14H17N3O2/c1-10(2)16-13-6-4-3-5-12(13)14(18)15-9-11-7-8-19-17-11/h3-8,10,16H,9H2,1-2H3,(H,15,18). The van der Waals surface area contributed by atoms with E-state index in [2.05, 4.69) is 15.8 Å². The molecule has 0 aliphatic rings. The fraction of sp³-hybridized carbons (Fsp3) is 0.286. The molecule has 0 aliphatic heterocycles.